The second-order valence-corrected chi connectivity index (χ2v) is 14.7. The van der Waals surface area contributed by atoms with Gasteiger partial charge in [-0.05, 0) is 99.6 Å². The molecule has 14 heteroatoms. The Hall–Kier alpha value is -4.49. The lowest BCUT2D eigenvalue weighted by Gasteiger charge is -2.38. The van der Waals surface area contributed by atoms with Gasteiger partial charge in [-0.25, -0.2) is 14.6 Å². The Kier molecular flexibility index (Phi) is 10.3. The third-order valence-electron chi connectivity index (χ3n) is 10.8. The maximum atomic E-state index is 14.1. The van der Waals surface area contributed by atoms with Crippen molar-refractivity contribution in [2.45, 2.75) is 63.3 Å². The van der Waals surface area contributed by atoms with Crippen molar-refractivity contribution in [2.75, 3.05) is 50.8 Å². The van der Waals surface area contributed by atoms with Crippen LogP contribution in [0, 0.1) is 5.92 Å². The molecule has 4 heterocycles. The Labute approximate surface area is 306 Å². The molecule has 0 radical (unpaired) electrons. The molecule has 10 nitrogen and oxygen atoms in total. The molecule has 0 spiro atoms. The van der Waals surface area contributed by atoms with Gasteiger partial charge in [0, 0.05) is 44.3 Å². The van der Waals surface area contributed by atoms with Crippen LogP contribution in [0.15, 0.2) is 60.7 Å². The number of rotatable bonds is 7. The first-order valence-corrected chi connectivity index (χ1v) is 18.3. The van der Waals surface area contributed by atoms with Crippen LogP contribution in [0.1, 0.15) is 54.2 Å². The van der Waals surface area contributed by atoms with Crippen molar-refractivity contribution in [3.05, 3.63) is 88.2 Å². The lowest BCUT2D eigenvalue weighted by atomic mass is 9.96. The van der Waals surface area contributed by atoms with E-state index in [-0.39, 0.29) is 35.1 Å². The van der Waals surface area contributed by atoms with Gasteiger partial charge in [-0.15, -0.1) is 0 Å². The number of piperidine rings is 2. The van der Waals surface area contributed by atoms with Gasteiger partial charge >= 0.3 is 18.2 Å². The second-order valence-electron chi connectivity index (χ2n) is 14.3. The van der Waals surface area contributed by atoms with Crippen molar-refractivity contribution in [1.29, 1.82) is 0 Å². The van der Waals surface area contributed by atoms with E-state index in [2.05, 4.69) is 27.1 Å². The van der Waals surface area contributed by atoms with E-state index in [1.165, 1.54) is 6.07 Å². The molecule has 7 rings (SSSR count). The molecular formula is C38H44ClF3N8O2. The van der Waals surface area contributed by atoms with Crippen LogP contribution in [-0.4, -0.2) is 82.1 Å². The number of carbonyl (C=O) groups is 2. The molecule has 3 aromatic carbocycles. The lowest BCUT2D eigenvalue weighted by Crippen LogP contribution is -2.52. The molecule has 0 saturated carbocycles. The van der Waals surface area contributed by atoms with Crippen molar-refractivity contribution < 1.29 is 22.8 Å². The monoisotopic (exact) mass is 736 g/mol. The summed E-state index contributed by atoms with van der Waals surface area (Å²) in [6.07, 6.45) is -0.771. The Morgan fingerprint density at radius 1 is 1.02 bits per heavy atom. The lowest BCUT2D eigenvalue weighted by molar-refractivity contribution is -0.137. The van der Waals surface area contributed by atoms with Gasteiger partial charge in [-0.2, -0.15) is 13.2 Å². The predicted octanol–water partition coefficient (Wildman–Crippen LogP) is 7.18. The maximum Gasteiger partial charge on any atom is 0.418 e. The number of nitrogen functional groups attached to an aromatic ring is 1. The zero-order valence-electron chi connectivity index (χ0n) is 29.1. The van der Waals surface area contributed by atoms with Crippen molar-refractivity contribution in [3.8, 4) is 0 Å². The molecule has 3 aliphatic rings. The summed E-state index contributed by atoms with van der Waals surface area (Å²) >= 11 is 6.26. The minimum atomic E-state index is -4.71. The van der Waals surface area contributed by atoms with E-state index in [1.54, 1.807) is 4.90 Å². The van der Waals surface area contributed by atoms with Crippen LogP contribution in [0.3, 0.4) is 0 Å². The number of fused-ring (bicyclic) bond motifs is 2. The van der Waals surface area contributed by atoms with E-state index >= 15 is 0 Å². The molecule has 2 saturated heterocycles. The largest absolute Gasteiger partial charge is 0.418 e. The number of halogens is 4. The minimum Gasteiger partial charge on any atom is -0.397 e. The van der Waals surface area contributed by atoms with E-state index in [0.717, 1.165) is 60.7 Å². The second kappa shape index (κ2) is 14.9. The number of aromatic nitrogens is 2. The van der Waals surface area contributed by atoms with Gasteiger partial charge < -0.3 is 35.6 Å². The number of anilines is 2. The SMILES string of the molecule is CN1CCC(Cn2c(C(Cc3cc(Cl)c(N)c(C(F)(F)F)c3)NC(=O)N3CCC(N4CCc5ccccc5NC4=O)CC3)nc3ccccc32)CC1. The molecule has 0 bridgehead atoms. The third-order valence-corrected chi connectivity index (χ3v) is 11.2. The molecule has 4 amide bonds. The maximum absolute atomic E-state index is 14.1. The number of hydrogen-bond donors (Lipinski definition) is 3. The minimum absolute atomic E-state index is 0.0104. The molecule has 1 unspecified atom stereocenters. The summed E-state index contributed by atoms with van der Waals surface area (Å²) in [7, 11) is 2.11. The molecule has 4 N–H and O–H groups in total. The molecule has 0 aliphatic carbocycles. The number of imidazole rings is 1. The van der Waals surface area contributed by atoms with Gasteiger partial charge in [-0.1, -0.05) is 41.9 Å². The average Bonchev–Trinajstić information content (AvgIpc) is 3.39. The Bertz CT molecular complexity index is 1940. The highest BCUT2D eigenvalue weighted by Gasteiger charge is 2.36. The number of nitrogens with two attached hydrogens (primary N) is 1. The Morgan fingerprint density at radius 3 is 2.48 bits per heavy atom. The smallest absolute Gasteiger partial charge is 0.397 e. The van der Waals surface area contributed by atoms with E-state index in [1.807, 2.05) is 53.4 Å². The highest BCUT2D eigenvalue weighted by atomic mass is 35.5. The molecule has 52 heavy (non-hydrogen) atoms. The first-order valence-electron chi connectivity index (χ1n) is 17.9. The van der Waals surface area contributed by atoms with E-state index in [9.17, 15) is 22.8 Å². The molecule has 2 fully saturated rings. The quantitative estimate of drug-likeness (QED) is 0.174. The van der Waals surface area contributed by atoms with E-state index in [0.29, 0.717) is 50.8 Å². The zero-order chi connectivity index (χ0) is 36.6. The van der Waals surface area contributed by atoms with Gasteiger partial charge in [0.2, 0.25) is 0 Å². The van der Waals surface area contributed by atoms with Crippen LogP contribution in [0.4, 0.5) is 34.1 Å². The molecule has 4 aromatic rings. The highest BCUT2D eigenvalue weighted by molar-refractivity contribution is 6.33. The molecule has 3 aliphatic heterocycles. The number of nitrogens with one attached hydrogen (secondary N) is 2. The van der Waals surface area contributed by atoms with E-state index in [4.69, 9.17) is 22.3 Å². The van der Waals surface area contributed by atoms with Crippen LogP contribution in [0.25, 0.3) is 11.0 Å². The summed E-state index contributed by atoms with van der Waals surface area (Å²) in [4.78, 5) is 38.1. The topological polar surface area (TPSA) is 112 Å². The van der Waals surface area contributed by atoms with Gasteiger partial charge in [-0.3, -0.25) is 0 Å². The van der Waals surface area contributed by atoms with Crippen molar-refractivity contribution >= 4 is 46.1 Å². The number of alkyl halides is 3. The summed E-state index contributed by atoms with van der Waals surface area (Å²) in [5.74, 6) is 0.945. The predicted molar refractivity (Wildman–Crippen MR) is 196 cm³/mol. The van der Waals surface area contributed by atoms with E-state index < -0.39 is 23.5 Å². The Morgan fingerprint density at radius 2 is 1.73 bits per heavy atom. The number of urea groups is 2. The van der Waals surface area contributed by atoms with Gasteiger partial charge in [0.05, 0.1) is 33.3 Å². The fraction of sp³-hybridized carbons (Fsp3) is 0.447. The number of amides is 4. The standard InChI is InChI=1S/C38H44ClF3N8O2/c1-47-15-10-24(11-16-47)23-50-33-9-5-4-8-31(33)44-35(50)32(22-25-20-28(38(40,41)42)34(43)29(39)21-25)46-36(51)48-17-13-27(14-18-48)49-19-12-26-6-2-3-7-30(26)45-37(49)52/h2-9,20-21,24,27,32H,10-19,22-23,43H2,1H3,(H,45,52)(H,46,51). The van der Waals surface area contributed by atoms with Crippen LogP contribution in [0.5, 0.6) is 0 Å². The highest BCUT2D eigenvalue weighted by Crippen LogP contribution is 2.39. The third kappa shape index (κ3) is 7.66. The number of benzene rings is 3. The fourth-order valence-electron chi connectivity index (χ4n) is 7.88. The summed E-state index contributed by atoms with van der Waals surface area (Å²) in [6.45, 7) is 4.02. The molecule has 1 aromatic heterocycles. The van der Waals surface area contributed by atoms with Gasteiger partial charge in [0.25, 0.3) is 0 Å². The average molecular weight is 737 g/mol. The zero-order valence-corrected chi connectivity index (χ0v) is 29.9. The number of nitrogens with zero attached hydrogens (tertiary/aromatic N) is 5. The number of para-hydroxylation sites is 3. The molecule has 276 valence electrons. The summed E-state index contributed by atoms with van der Waals surface area (Å²) in [5.41, 5.74) is 8.08. The van der Waals surface area contributed by atoms with Crippen LogP contribution in [0.2, 0.25) is 5.02 Å². The van der Waals surface area contributed by atoms with Crippen LogP contribution >= 0.6 is 11.6 Å². The molecule has 1 atom stereocenters. The van der Waals surface area contributed by atoms with Crippen molar-refractivity contribution in [1.82, 2.24) is 29.6 Å². The van der Waals surface area contributed by atoms with Crippen LogP contribution < -0.4 is 16.4 Å². The summed E-state index contributed by atoms with van der Waals surface area (Å²) < 4.78 is 44.2. The van der Waals surface area contributed by atoms with Crippen molar-refractivity contribution in [3.63, 3.8) is 0 Å². The summed E-state index contributed by atoms with van der Waals surface area (Å²) in [6, 6.07) is 16.7. The van der Waals surface area contributed by atoms with Crippen LogP contribution in [-0.2, 0) is 25.6 Å². The first-order chi connectivity index (χ1) is 24.9. The first kappa shape index (κ1) is 35.9. The Balaban J connectivity index is 1.14. The normalized spacial score (nSPS) is 18.6. The molecular weight excluding hydrogens is 693 g/mol. The summed E-state index contributed by atoms with van der Waals surface area (Å²) in [5, 5.41) is 6.00. The fourth-order valence-corrected chi connectivity index (χ4v) is 8.12. The van der Waals surface area contributed by atoms with Gasteiger partial charge in [0.15, 0.2) is 0 Å². The van der Waals surface area contributed by atoms with Crippen molar-refractivity contribution in [2.24, 2.45) is 5.92 Å². The van der Waals surface area contributed by atoms with Gasteiger partial charge in [0.1, 0.15) is 5.82 Å². The number of carbonyl (C=O) groups excluding carboxylic acids is 2. The number of likely N-dealkylation sites (tertiary alicyclic amines) is 2. The number of hydrogen-bond acceptors (Lipinski definition) is 5.